The molecular formula is C65H43N. The fourth-order valence-electron chi connectivity index (χ4n) is 8.36. The number of para-hydroxylation sites is 2. The zero-order valence-corrected chi connectivity index (χ0v) is 33.0. The largest absolute Gasteiger partial charge is 0.310 e. The van der Waals surface area contributed by atoms with E-state index in [4.69, 9.17) is 23.3 Å². The van der Waals surface area contributed by atoms with Crippen LogP contribution in [0.5, 0.6) is 0 Å². The van der Waals surface area contributed by atoms with Crippen molar-refractivity contribution in [1.29, 1.82) is 0 Å². The molecular weight excluding hydrogens is 795 g/mol. The quantitative estimate of drug-likeness (QED) is 0.154. The van der Waals surface area contributed by atoms with Gasteiger partial charge in [0.15, 0.2) is 0 Å². The van der Waals surface area contributed by atoms with Gasteiger partial charge in [-0.3, -0.25) is 0 Å². The van der Waals surface area contributed by atoms with E-state index in [1.807, 2.05) is 0 Å². The van der Waals surface area contributed by atoms with Gasteiger partial charge in [-0.25, -0.2) is 0 Å². The molecule has 0 N–H and O–H groups in total. The molecule has 11 aromatic rings. The number of hydrogen-bond donors (Lipinski definition) is 0. The van der Waals surface area contributed by atoms with Crippen LogP contribution in [0.2, 0.25) is 0 Å². The van der Waals surface area contributed by atoms with E-state index >= 15 is 0 Å². The number of hydrogen-bond acceptors (Lipinski definition) is 1. The molecule has 0 bridgehead atoms. The van der Waals surface area contributed by atoms with E-state index in [1.165, 1.54) is 0 Å². The molecule has 2 aliphatic carbocycles. The van der Waals surface area contributed by atoms with Crippen molar-refractivity contribution in [3.8, 4) is 66.8 Å². The number of benzene rings is 11. The Bertz CT molecular complexity index is 6000. The van der Waals surface area contributed by atoms with Crippen molar-refractivity contribution in [3.63, 3.8) is 0 Å². The van der Waals surface area contributed by atoms with Gasteiger partial charge in [0.05, 0.1) is 68.7 Å². The van der Waals surface area contributed by atoms with E-state index in [-0.39, 0.29) is 4.90 Å². The van der Waals surface area contributed by atoms with E-state index < -0.39 is 376 Å². The van der Waals surface area contributed by atoms with Gasteiger partial charge in [-0.15, -0.1) is 0 Å². The molecule has 0 aromatic heterocycles. The second-order valence-electron chi connectivity index (χ2n) is 14.3. The topological polar surface area (TPSA) is 3.24 Å². The van der Waals surface area contributed by atoms with Gasteiger partial charge < -0.3 is 4.90 Å². The highest BCUT2D eigenvalue weighted by atomic mass is 15.1. The van der Waals surface area contributed by atoms with Crippen LogP contribution in [0.25, 0.3) is 77.5 Å². The van der Waals surface area contributed by atoms with Gasteiger partial charge in [-0.1, -0.05) is 224 Å². The summed E-state index contributed by atoms with van der Waals surface area (Å²) in [6.45, 7) is 0. The van der Waals surface area contributed by atoms with Gasteiger partial charge in [0.25, 0.3) is 0 Å². The summed E-state index contributed by atoms with van der Waals surface area (Å²) in [5, 5.41) is -1.98. The minimum Gasteiger partial charge on any atom is -0.310 e. The number of fused-ring (bicyclic) bond motifs is 11. The Labute approximate surface area is 445 Å². The maximum absolute atomic E-state index is 10.6. The average Bonchev–Trinajstić information content (AvgIpc) is 1.47. The van der Waals surface area contributed by atoms with Gasteiger partial charge in [-0.05, 0) is 130 Å². The molecule has 0 saturated carbocycles. The molecule has 0 atom stereocenters. The van der Waals surface area contributed by atoms with Crippen molar-refractivity contribution in [3.05, 3.63) is 282 Å². The lowest BCUT2D eigenvalue weighted by Crippen LogP contribution is -2.25. The molecule has 1 nitrogen and oxygen atoms in total. The minimum absolute atomic E-state index is 0.153. The molecule has 308 valence electrons. The zero-order chi connectivity index (χ0) is 80.2. The lowest BCUT2D eigenvalue weighted by atomic mass is 9.70. The molecule has 0 fully saturated rings. The van der Waals surface area contributed by atoms with Crippen molar-refractivity contribution < 1.29 is 57.6 Å². The van der Waals surface area contributed by atoms with E-state index in [0.717, 1.165) is 6.07 Å². The summed E-state index contributed by atoms with van der Waals surface area (Å²) in [6, 6.07) is -49.4. The Morgan fingerprint density at radius 1 is 0.303 bits per heavy atom. The van der Waals surface area contributed by atoms with Crippen molar-refractivity contribution in [1.82, 2.24) is 0 Å². The third-order valence-corrected chi connectivity index (χ3v) is 11.0. The lowest BCUT2D eigenvalue weighted by Gasteiger charge is -2.31. The molecule has 1 spiro atoms. The predicted molar refractivity (Wildman–Crippen MR) is 277 cm³/mol. The first-order valence-electron chi connectivity index (χ1n) is 40.5. The van der Waals surface area contributed by atoms with E-state index in [0.29, 0.717) is 0 Å². The maximum atomic E-state index is 10.6. The van der Waals surface area contributed by atoms with E-state index in [1.54, 1.807) is 0 Å². The minimum atomic E-state index is -2.96. The smallest absolute Gasteiger partial charge is 0.0725 e. The number of nitrogens with zero attached hydrogens (tertiary/aromatic N) is 1. The molecule has 0 aliphatic heterocycles. The fraction of sp³-hybridized carbons (Fsp3) is 0.0154. The molecule has 0 saturated heterocycles. The van der Waals surface area contributed by atoms with Crippen molar-refractivity contribution in [2.45, 2.75) is 5.41 Å². The first-order valence-corrected chi connectivity index (χ1v) is 19.5. The van der Waals surface area contributed by atoms with E-state index in [9.17, 15) is 34.3 Å². The second kappa shape index (κ2) is 15.3. The summed E-state index contributed by atoms with van der Waals surface area (Å²) in [5.41, 5.74) is -22.0. The van der Waals surface area contributed by atoms with Crippen LogP contribution >= 0.6 is 0 Å². The van der Waals surface area contributed by atoms with Crippen molar-refractivity contribution >= 4 is 27.8 Å². The summed E-state index contributed by atoms with van der Waals surface area (Å²) >= 11 is 0. The molecule has 11 aromatic carbocycles. The first-order chi connectivity index (χ1) is 50.2. The Balaban J connectivity index is 1.25. The molecule has 0 radical (unpaired) electrons. The Morgan fingerprint density at radius 2 is 0.818 bits per heavy atom. The lowest BCUT2D eigenvalue weighted by molar-refractivity contribution is 0.794. The summed E-state index contributed by atoms with van der Waals surface area (Å²) in [6.07, 6.45) is 0. The highest BCUT2D eigenvalue weighted by Crippen LogP contribution is 2.63. The summed E-state index contributed by atoms with van der Waals surface area (Å²) in [7, 11) is 0. The molecule has 2 aliphatic rings. The monoisotopic (exact) mass is 880 g/mol. The molecule has 0 amide bonds. The third-order valence-electron chi connectivity index (χ3n) is 11.0. The van der Waals surface area contributed by atoms with Gasteiger partial charge >= 0.3 is 0 Å². The second-order valence-corrected chi connectivity index (χ2v) is 14.3. The van der Waals surface area contributed by atoms with Gasteiger partial charge in [0, 0.05) is 16.9 Å². The van der Waals surface area contributed by atoms with Crippen LogP contribution in [-0.4, -0.2) is 0 Å². The van der Waals surface area contributed by atoms with Crippen LogP contribution < -0.4 is 4.90 Å². The first kappa shape index (κ1) is 14.8. The standard InChI is InChI=1S/C65H43N/c1-3-18-44(19-4-1)45-34-36-47(37-35-45)64-52-25-8-7-20-46(52)38-41-58(64)57-29-12-16-33-63(57)66(50-22-5-2-6-23-50)51-24-17-21-48(42-51)49-39-40-56-55-28-11-15-32-61(55)65(62(56)43-49)59-30-13-9-26-53(59)54-27-10-14-31-60(54)65/h1-43H/i1D,2D,3D,4D,5D,6D,7D,8D,9D,10D,11D,12D,13D,14D,15D,16D,17D,18D,19D,20D,21D,22D,23D,24D,25D,26D,27D,29D,30D,31D,32D,33D,34D,35D,36D,37D,38D,39D,40D,41D,42D,43D. The van der Waals surface area contributed by atoms with Crippen LogP contribution in [0.4, 0.5) is 17.1 Å². The van der Waals surface area contributed by atoms with Crippen LogP contribution in [0, 0.1) is 0 Å². The van der Waals surface area contributed by atoms with Gasteiger partial charge in [0.1, 0.15) is 0 Å². The Morgan fingerprint density at radius 3 is 1.59 bits per heavy atom. The summed E-state index contributed by atoms with van der Waals surface area (Å²) < 4.78 is 394. The molecule has 66 heavy (non-hydrogen) atoms. The average molecular weight is 880 g/mol. The normalized spacial score (nSPS) is 21.6. The van der Waals surface area contributed by atoms with Crippen LogP contribution in [-0.2, 0) is 5.41 Å². The summed E-state index contributed by atoms with van der Waals surface area (Å²) in [5.74, 6) is 0. The highest BCUT2D eigenvalue weighted by molar-refractivity contribution is 6.07. The SMILES string of the molecule is [2H]c1cc2c(c([2H])c1[2H])C1(c3c([2H])c(-c4c([2H])c([2H])c([2H])c(N(c5c([2H])c([2H])c([2H])c([2H])c5[2H])c5c([2H])c([2H])c([2H])c([2H])c5-c5c([2H])c([2H])c6c([2H])c([2H])c([2H])c([2H])c6c5-c5c([2H])c([2H])c(-c6c([2H])c([2H])c([2H])c([2H])c6[2H])c([2H])c5[2H])c4[2H])c([2H])c([2H])c3-2)c2c([2H])c([2H])c([2H])c([2H])c2-c2c([2H])c([2H])c([2H])c([2H])c21. The predicted octanol–water partition coefficient (Wildman–Crippen LogP) is 17.3. The van der Waals surface area contributed by atoms with Crippen LogP contribution in [0.1, 0.15) is 79.8 Å². The van der Waals surface area contributed by atoms with Crippen molar-refractivity contribution in [2.75, 3.05) is 4.90 Å². The molecule has 0 heterocycles. The van der Waals surface area contributed by atoms with Gasteiger partial charge in [-0.2, -0.15) is 0 Å². The third kappa shape index (κ3) is 5.80. The highest BCUT2D eigenvalue weighted by Gasteiger charge is 2.51. The zero-order valence-electron chi connectivity index (χ0n) is 75.0. The maximum Gasteiger partial charge on any atom is 0.0725 e. The Kier molecular flexibility index (Phi) is 3.43. The van der Waals surface area contributed by atoms with E-state index in [2.05, 4.69) is 0 Å². The number of anilines is 3. The molecule has 13 rings (SSSR count). The summed E-state index contributed by atoms with van der Waals surface area (Å²) in [4.78, 5) is 0.153. The fourth-order valence-corrected chi connectivity index (χ4v) is 8.36. The number of rotatable bonds is 7. The Hall–Kier alpha value is -8.52. The molecule has 1 heteroatoms. The van der Waals surface area contributed by atoms with Crippen LogP contribution in [0.15, 0.2) is 260 Å². The molecule has 0 unspecified atom stereocenters. The van der Waals surface area contributed by atoms with Crippen LogP contribution in [0.3, 0.4) is 0 Å². The van der Waals surface area contributed by atoms with Crippen molar-refractivity contribution in [2.24, 2.45) is 0 Å². The van der Waals surface area contributed by atoms with Gasteiger partial charge in [0.2, 0.25) is 0 Å².